The number of benzene rings is 1. The maximum absolute atomic E-state index is 5.92. The van der Waals surface area contributed by atoms with Crippen molar-refractivity contribution in [3.8, 4) is 5.88 Å². The first-order valence-corrected chi connectivity index (χ1v) is 9.19. The molecular weight excluding hydrogens is 358 g/mol. The minimum Gasteiger partial charge on any atom is -0.481 e. The van der Waals surface area contributed by atoms with Crippen molar-refractivity contribution in [2.24, 2.45) is 7.05 Å². The van der Waals surface area contributed by atoms with Gasteiger partial charge in [0.2, 0.25) is 11.0 Å². The highest BCUT2D eigenvalue weighted by Crippen LogP contribution is 2.25. The minimum absolute atomic E-state index is 0.607. The van der Waals surface area contributed by atoms with E-state index in [-0.39, 0.29) is 0 Å². The third kappa shape index (κ3) is 4.11. The second-order valence-electron chi connectivity index (χ2n) is 5.57. The summed E-state index contributed by atoms with van der Waals surface area (Å²) in [4.78, 5) is 0. The van der Waals surface area contributed by atoms with Crippen molar-refractivity contribution in [3.63, 3.8) is 0 Å². The van der Waals surface area contributed by atoms with E-state index >= 15 is 0 Å². The van der Waals surface area contributed by atoms with E-state index < -0.39 is 0 Å². The lowest BCUT2D eigenvalue weighted by Crippen LogP contribution is -2.03. The molecule has 0 bridgehead atoms. The number of hydrogen-bond donors (Lipinski definition) is 1. The lowest BCUT2D eigenvalue weighted by molar-refractivity contribution is 0.370. The van der Waals surface area contributed by atoms with Crippen molar-refractivity contribution >= 4 is 28.1 Å². The summed E-state index contributed by atoms with van der Waals surface area (Å²) in [5.41, 5.74) is 3.24. The lowest BCUT2D eigenvalue weighted by atomic mass is 10.2. The zero-order valence-electron chi connectivity index (χ0n) is 14.4. The van der Waals surface area contributed by atoms with Gasteiger partial charge >= 0.3 is 0 Å². The fourth-order valence-corrected chi connectivity index (χ4v) is 3.56. The Balaban J connectivity index is 1.67. The Morgan fingerprint density at radius 2 is 2.00 bits per heavy atom. The van der Waals surface area contributed by atoms with Gasteiger partial charge in [-0.15, -0.1) is 10.2 Å². The number of rotatable bonds is 7. The highest BCUT2D eigenvalue weighted by atomic mass is 35.5. The fraction of sp³-hybridized carbons (Fsp3) is 0.353. The normalized spacial score (nSPS) is 10.9. The zero-order valence-corrected chi connectivity index (χ0v) is 16.0. The summed E-state index contributed by atoms with van der Waals surface area (Å²) in [7, 11) is 3.55. The van der Waals surface area contributed by atoms with Crippen LogP contribution < -0.4 is 10.1 Å². The SMILES string of the molecule is CCc1nn(C)c(OC)c1CNc1nnc(Cc2ccc(Cl)cc2)s1. The molecule has 2 aromatic heterocycles. The summed E-state index contributed by atoms with van der Waals surface area (Å²) in [5, 5.41) is 18.8. The van der Waals surface area contributed by atoms with Gasteiger partial charge in [-0.05, 0) is 24.1 Å². The van der Waals surface area contributed by atoms with Crippen LogP contribution in [0.25, 0.3) is 0 Å². The van der Waals surface area contributed by atoms with Crippen LogP contribution in [-0.2, 0) is 26.4 Å². The predicted molar refractivity (Wildman–Crippen MR) is 101 cm³/mol. The number of nitrogens with one attached hydrogen (secondary N) is 1. The number of hydrogen-bond acceptors (Lipinski definition) is 6. The standard InChI is InChI=1S/C17H20ClN5OS/c1-4-14-13(16(24-3)23(2)22-14)10-19-17-21-20-15(25-17)9-11-5-7-12(18)8-6-11/h5-8H,4,9-10H2,1-3H3,(H,19,21). The second kappa shape index (κ2) is 7.84. The molecule has 0 saturated heterocycles. The Morgan fingerprint density at radius 1 is 1.24 bits per heavy atom. The summed E-state index contributed by atoms with van der Waals surface area (Å²) in [6.07, 6.45) is 1.60. The molecule has 0 aliphatic carbocycles. The maximum Gasteiger partial charge on any atom is 0.216 e. The number of halogens is 1. The van der Waals surface area contributed by atoms with Crippen molar-refractivity contribution < 1.29 is 4.74 Å². The summed E-state index contributed by atoms with van der Waals surface area (Å²) in [5.74, 6) is 0.773. The van der Waals surface area contributed by atoms with Crippen LogP contribution in [0.3, 0.4) is 0 Å². The zero-order chi connectivity index (χ0) is 17.8. The van der Waals surface area contributed by atoms with Gasteiger partial charge in [0, 0.05) is 25.0 Å². The van der Waals surface area contributed by atoms with E-state index in [0.29, 0.717) is 6.54 Å². The maximum atomic E-state index is 5.92. The molecule has 0 unspecified atom stereocenters. The Hall–Kier alpha value is -2.12. The molecule has 0 spiro atoms. The van der Waals surface area contributed by atoms with Gasteiger partial charge in [0.05, 0.1) is 18.4 Å². The molecule has 1 N–H and O–H groups in total. The quantitative estimate of drug-likeness (QED) is 0.680. The van der Waals surface area contributed by atoms with Gasteiger partial charge in [0.1, 0.15) is 5.01 Å². The Kier molecular flexibility index (Phi) is 5.55. The average Bonchev–Trinajstić information content (AvgIpc) is 3.18. The van der Waals surface area contributed by atoms with E-state index in [1.807, 2.05) is 31.3 Å². The van der Waals surface area contributed by atoms with E-state index in [0.717, 1.165) is 50.7 Å². The van der Waals surface area contributed by atoms with Crippen LogP contribution in [0.4, 0.5) is 5.13 Å². The van der Waals surface area contributed by atoms with E-state index in [9.17, 15) is 0 Å². The van der Waals surface area contributed by atoms with Gasteiger partial charge in [0.15, 0.2) is 0 Å². The van der Waals surface area contributed by atoms with Crippen LogP contribution in [0.5, 0.6) is 5.88 Å². The highest BCUT2D eigenvalue weighted by molar-refractivity contribution is 7.15. The number of methoxy groups -OCH3 is 1. The van der Waals surface area contributed by atoms with Crippen molar-refractivity contribution in [2.45, 2.75) is 26.3 Å². The van der Waals surface area contributed by atoms with E-state index in [2.05, 4.69) is 27.5 Å². The Labute approximate surface area is 155 Å². The smallest absolute Gasteiger partial charge is 0.216 e. The molecule has 0 radical (unpaired) electrons. The summed E-state index contributed by atoms with van der Waals surface area (Å²) >= 11 is 7.47. The largest absolute Gasteiger partial charge is 0.481 e. The van der Waals surface area contributed by atoms with Gasteiger partial charge < -0.3 is 10.1 Å². The number of nitrogens with zero attached hydrogens (tertiary/aromatic N) is 4. The Morgan fingerprint density at radius 3 is 2.68 bits per heavy atom. The minimum atomic E-state index is 0.607. The van der Waals surface area contributed by atoms with Crippen molar-refractivity contribution in [2.75, 3.05) is 12.4 Å². The molecule has 3 aromatic rings. The predicted octanol–water partition coefficient (Wildman–Crippen LogP) is 3.70. The summed E-state index contributed by atoms with van der Waals surface area (Å²) < 4.78 is 7.22. The van der Waals surface area contributed by atoms with Crippen LogP contribution in [0.2, 0.25) is 5.02 Å². The number of aryl methyl sites for hydroxylation is 2. The fourth-order valence-electron chi connectivity index (χ4n) is 2.66. The molecule has 0 saturated carbocycles. The molecule has 0 fully saturated rings. The van der Waals surface area contributed by atoms with Crippen LogP contribution in [0.15, 0.2) is 24.3 Å². The number of aromatic nitrogens is 4. The summed E-state index contributed by atoms with van der Waals surface area (Å²) in [6, 6.07) is 7.78. The molecule has 132 valence electrons. The average molecular weight is 378 g/mol. The topological polar surface area (TPSA) is 64.9 Å². The molecule has 3 rings (SSSR count). The monoisotopic (exact) mass is 377 g/mol. The third-order valence-electron chi connectivity index (χ3n) is 3.85. The lowest BCUT2D eigenvalue weighted by Gasteiger charge is -2.05. The molecular formula is C17H20ClN5OS. The van der Waals surface area contributed by atoms with Gasteiger partial charge in [-0.3, -0.25) is 0 Å². The van der Waals surface area contributed by atoms with E-state index in [1.165, 1.54) is 0 Å². The molecule has 25 heavy (non-hydrogen) atoms. The molecule has 1 aromatic carbocycles. The van der Waals surface area contributed by atoms with Crippen LogP contribution >= 0.6 is 22.9 Å². The molecule has 6 nitrogen and oxygen atoms in total. The molecule has 2 heterocycles. The van der Waals surface area contributed by atoms with Gasteiger partial charge in [-0.1, -0.05) is 42.0 Å². The van der Waals surface area contributed by atoms with Gasteiger partial charge in [-0.2, -0.15) is 5.10 Å². The molecule has 0 aliphatic rings. The Bertz CT molecular complexity index is 843. The first-order chi connectivity index (χ1) is 12.1. The molecule has 8 heteroatoms. The van der Waals surface area contributed by atoms with Crippen LogP contribution in [0.1, 0.15) is 28.8 Å². The molecule has 0 aliphatic heterocycles. The van der Waals surface area contributed by atoms with Crippen molar-refractivity contribution in [1.29, 1.82) is 0 Å². The van der Waals surface area contributed by atoms with E-state index in [1.54, 1.807) is 23.1 Å². The van der Waals surface area contributed by atoms with Crippen LogP contribution in [0, 0.1) is 0 Å². The first-order valence-electron chi connectivity index (χ1n) is 8.00. The first kappa shape index (κ1) is 17.7. The van der Waals surface area contributed by atoms with Gasteiger partial charge in [0.25, 0.3) is 0 Å². The highest BCUT2D eigenvalue weighted by Gasteiger charge is 2.16. The second-order valence-corrected chi connectivity index (χ2v) is 7.07. The van der Waals surface area contributed by atoms with E-state index in [4.69, 9.17) is 16.3 Å². The summed E-state index contributed by atoms with van der Waals surface area (Å²) in [6.45, 7) is 2.69. The van der Waals surface area contributed by atoms with Crippen LogP contribution in [-0.4, -0.2) is 27.1 Å². The number of ether oxygens (including phenoxy) is 1. The third-order valence-corrected chi connectivity index (χ3v) is 4.98. The number of anilines is 1. The van der Waals surface area contributed by atoms with Gasteiger partial charge in [-0.25, -0.2) is 4.68 Å². The molecule has 0 amide bonds. The van der Waals surface area contributed by atoms with Crippen molar-refractivity contribution in [1.82, 2.24) is 20.0 Å². The van der Waals surface area contributed by atoms with Crippen molar-refractivity contribution in [3.05, 3.63) is 51.1 Å². The molecule has 0 atom stereocenters.